The summed E-state index contributed by atoms with van der Waals surface area (Å²) in [5.74, 6) is -4.09. The fourth-order valence-corrected chi connectivity index (χ4v) is 2.96. The molecule has 0 spiro atoms. The van der Waals surface area contributed by atoms with Gasteiger partial charge in [-0.3, -0.25) is 14.4 Å². The Morgan fingerprint density at radius 3 is 2.40 bits per heavy atom. The standard InChI is InChI=1S/C19H25N5O6/c1-9(25)16(18(28)23-14(19(29)30)7-15(21)26)24-17(27)12(20)6-10-8-22-13-5-3-2-4-11(10)13/h2-5,8-9,12,14,16,22,25H,6-7,20H2,1H3,(H2,21,26)(H,23,28)(H,24,27)(H,29,30)/t9-,12+,14+,16+/m1/s1. The Kier molecular flexibility index (Phi) is 7.50. The van der Waals surface area contributed by atoms with E-state index < -0.39 is 54.3 Å². The summed E-state index contributed by atoms with van der Waals surface area (Å²) < 4.78 is 0. The Labute approximate surface area is 171 Å². The van der Waals surface area contributed by atoms with Gasteiger partial charge in [0.15, 0.2) is 0 Å². The first-order valence-electron chi connectivity index (χ1n) is 9.20. The molecule has 1 aromatic carbocycles. The molecule has 0 saturated carbocycles. The third kappa shape index (κ3) is 5.78. The normalized spacial score (nSPS) is 15.0. The number of rotatable bonds is 10. The van der Waals surface area contributed by atoms with Crippen LogP contribution in [0.1, 0.15) is 18.9 Å². The second-order valence-corrected chi connectivity index (χ2v) is 6.97. The number of para-hydroxylation sites is 1. The van der Waals surface area contributed by atoms with Crippen LogP contribution >= 0.6 is 0 Å². The molecule has 0 aliphatic rings. The van der Waals surface area contributed by atoms with Crippen LogP contribution in [0, 0.1) is 0 Å². The highest BCUT2D eigenvalue weighted by molar-refractivity contribution is 5.94. The Bertz CT molecular complexity index is 940. The van der Waals surface area contributed by atoms with Gasteiger partial charge in [0.05, 0.1) is 18.6 Å². The summed E-state index contributed by atoms with van der Waals surface area (Å²) in [6.07, 6.45) is -0.0829. The number of H-pyrrole nitrogens is 1. The fourth-order valence-electron chi connectivity index (χ4n) is 2.96. The number of carbonyl (C=O) groups excluding carboxylic acids is 3. The average molecular weight is 419 g/mol. The van der Waals surface area contributed by atoms with E-state index in [2.05, 4.69) is 15.6 Å². The molecule has 1 aromatic heterocycles. The summed E-state index contributed by atoms with van der Waals surface area (Å²) in [5.41, 5.74) is 12.6. The Morgan fingerprint density at radius 1 is 1.13 bits per heavy atom. The molecule has 2 aromatic rings. The molecular formula is C19H25N5O6. The molecule has 4 atom stereocenters. The number of carboxylic acid groups (broad SMARTS) is 1. The van der Waals surface area contributed by atoms with E-state index in [9.17, 15) is 24.3 Å². The number of carbonyl (C=O) groups is 4. The largest absolute Gasteiger partial charge is 0.480 e. The van der Waals surface area contributed by atoms with E-state index in [1.54, 1.807) is 6.20 Å². The van der Waals surface area contributed by atoms with Crippen LogP contribution in [0.4, 0.5) is 0 Å². The van der Waals surface area contributed by atoms with Crippen LogP contribution in [0.2, 0.25) is 0 Å². The van der Waals surface area contributed by atoms with Crippen molar-refractivity contribution in [3.8, 4) is 0 Å². The number of fused-ring (bicyclic) bond motifs is 1. The van der Waals surface area contributed by atoms with Gasteiger partial charge in [-0.05, 0) is 25.0 Å². The maximum absolute atomic E-state index is 12.5. The van der Waals surface area contributed by atoms with Gasteiger partial charge in [-0.25, -0.2) is 4.79 Å². The van der Waals surface area contributed by atoms with E-state index in [-0.39, 0.29) is 6.42 Å². The summed E-state index contributed by atoms with van der Waals surface area (Å²) in [5, 5.41) is 24.3. The summed E-state index contributed by atoms with van der Waals surface area (Å²) in [6, 6.07) is 3.38. The van der Waals surface area contributed by atoms with Crippen molar-refractivity contribution in [2.75, 3.05) is 0 Å². The molecule has 1 heterocycles. The molecule has 2 rings (SSSR count). The molecule has 11 heteroatoms. The molecule has 162 valence electrons. The number of aliphatic carboxylic acids is 1. The van der Waals surface area contributed by atoms with E-state index in [4.69, 9.17) is 16.6 Å². The number of hydrogen-bond acceptors (Lipinski definition) is 6. The lowest BCUT2D eigenvalue weighted by Crippen LogP contribution is -2.58. The second-order valence-electron chi connectivity index (χ2n) is 6.97. The van der Waals surface area contributed by atoms with Crippen LogP contribution in [0.15, 0.2) is 30.5 Å². The van der Waals surface area contributed by atoms with Crippen molar-refractivity contribution in [2.45, 2.75) is 44.0 Å². The molecule has 30 heavy (non-hydrogen) atoms. The number of primary amides is 1. The number of hydrogen-bond donors (Lipinski definition) is 7. The van der Waals surface area contributed by atoms with Crippen molar-refractivity contribution >= 4 is 34.6 Å². The monoisotopic (exact) mass is 419 g/mol. The predicted molar refractivity (Wildman–Crippen MR) is 107 cm³/mol. The smallest absolute Gasteiger partial charge is 0.326 e. The van der Waals surface area contributed by atoms with Crippen molar-refractivity contribution in [3.05, 3.63) is 36.0 Å². The molecule has 0 aliphatic carbocycles. The maximum atomic E-state index is 12.5. The number of aliphatic hydroxyl groups excluding tert-OH is 1. The van der Waals surface area contributed by atoms with Gasteiger partial charge in [0.1, 0.15) is 12.1 Å². The fraction of sp³-hybridized carbons (Fsp3) is 0.368. The highest BCUT2D eigenvalue weighted by Crippen LogP contribution is 2.18. The quantitative estimate of drug-likeness (QED) is 0.239. The third-order valence-corrected chi connectivity index (χ3v) is 4.53. The average Bonchev–Trinajstić information content (AvgIpc) is 3.07. The molecule has 3 amide bonds. The van der Waals surface area contributed by atoms with Gasteiger partial charge in [-0.1, -0.05) is 18.2 Å². The number of benzene rings is 1. The van der Waals surface area contributed by atoms with E-state index in [0.29, 0.717) is 0 Å². The van der Waals surface area contributed by atoms with E-state index in [1.807, 2.05) is 24.3 Å². The highest BCUT2D eigenvalue weighted by Gasteiger charge is 2.31. The van der Waals surface area contributed by atoms with Crippen LogP contribution < -0.4 is 22.1 Å². The van der Waals surface area contributed by atoms with Gasteiger partial charge in [-0.15, -0.1) is 0 Å². The van der Waals surface area contributed by atoms with Crippen molar-refractivity contribution in [3.63, 3.8) is 0 Å². The molecule has 0 bridgehead atoms. The van der Waals surface area contributed by atoms with Crippen LogP contribution in [-0.2, 0) is 25.6 Å². The van der Waals surface area contributed by atoms with Crippen LogP contribution in [-0.4, -0.2) is 63.1 Å². The van der Waals surface area contributed by atoms with Gasteiger partial charge < -0.3 is 37.3 Å². The zero-order valence-electron chi connectivity index (χ0n) is 16.3. The van der Waals surface area contributed by atoms with E-state index in [1.165, 1.54) is 6.92 Å². The SMILES string of the molecule is C[C@@H](O)[C@H](NC(=O)[C@@H](N)Cc1c[nH]c2ccccc12)C(=O)N[C@@H](CC(N)=O)C(=O)O. The number of carboxylic acids is 1. The molecule has 0 radical (unpaired) electrons. The first-order valence-corrected chi connectivity index (χ1v) is 9.20. The number of nitrogens with one attached hydrogen (secondary N) is 3. The zero-order chi connectivity index (χ0) is 22.4. The van der Waals surface area contributed by atoms with Gasteiger partial charge in [0.2, 0.25) is 17.7 Å². The summed E-state index contributed by atoms with van der Waals surface area (Å²) in [6.45, 7) is 1.25. The van der Waals surface area contributed by atoms with Crippen LogP contribution in [0.5, 0.6) is 0 Å². The summed E-state index contributed by atoms with van der Waals surface area (Å²) in [4.78, 5) is 50.1. The van der Waals surface area contributed by atoms with Gasteiger partial charge in [0.25, 0.3) is 0 Å². The third-order valence-electron chi connectivity index (χ3n) is 4.53. The Balaban J connectivity index is 2.05. The lowest BCUT2D eigenvalue weighted by Gasteiger charge is -2.24. The second kappa shape index (κ2) is 9.85. The van der Waals surface area contributed by atoms with Gasteiger partial charge >= 0.3 is 5.97 Å². The molecule has 0 saturated heterocycles. The molecule has 9 N–H and O–H groups in total. The Morgan fingerprint density at radius 2 is 1.80 bits per heavy atom. The van der Waals surface area contributed by atoms with Gasteiger partial charge in [-0.2, -0.15) is 0 Å². The molecule has 0 fully saturated rings. The van der Waals surface area contributed by atoms with Crippen LogP contribution in [0.3, 0.4) is 0 Å². The van der Waals surface area contributed by atoms with Crippen molar-refractivity contribution in [1.29, 1.82) is 0 Å². The minimum atomic E-state index is -1.59. The minimum Gasteiger partial charge on any atom is -0.480 e. The number of aromatic amines is 1. The zero-order valence-corrected chi connectivity index (χ0v) is 16.3. The minimum absolute atomic E-state index is 0.170. The summed E-state index contributed by atoms with van der Waals surface area (Å²) in [7, 11) is 0. The number of nitrogens with two attached hydrogens (primary N) is 2. The summed E-state index contributed by atoms with van der Waals surface area (Å²) >= 11 is 0. The predicted octanol–water partition coefficient (Wildman–Crippen LogP) is -1.65. The van der Waals surface area contributed by atoms with Crippen LogP contribution in [0.25, 0.3) is 10.9 Å². The van der Waals surface area contributed by atoms with Crippen molar-refractivity contribution in [2.24, 2.45) is 11.5 Å². The van der Waals surface area contributed by atoms with E-state index in [0.717, 1.165) is 16.5 Å². The number of aliphatic hydroxyl groups is 1. The lowest BCUT2D eigenvalue weighted by molar-refractivity contribution is -0.144. The molecular weight excluding hydrogens is 394 g/mol. The molecule has 0 aliphatic heterocycles. The van der Waals surface area contributed by atoms with Crippen molar-refractivity contribution in [1.82, 2.24) is 15.6 Å². The maximum Gasteiger partial charge on any atom is 0.326 e. The topological polar surface area (TPSA) is 201 Å². The van der Waals surface area contributed by atoms with Gasteiger partial charge in [0, 0.05) is 17.1 Å². The number of amides is 3. The van der Waals surface area contributed by atoms with E-state index >= 15 is 0 Å². The first kappa shape index (κ1) is 22.8. The highest BCUT2D eigenvalue weighted by atomic mass is 16.4. The lowest BCUT2D eigenvalue weighted by atomic mass is 10.0. The first-order chi connectivity index (χ1) is 14.1. The van der Waals surface area contributed by atoms with Crippen molar-refractivity contribution < 1.29 is 29.4 Å². The number of aromatic nitrogens is 1. The molecule has 0 unspecified atom stereocenters. The Hall–Kier alpha value is -3.44. The molecule has 11 nitrogen and oxygen atoms in total.